The van der Waals surface area contributed by atoms with Crippen LogP contribution in [0.4, 0.5) is 20.6 Å². The number of carbonyl (C=O) groups excluding carboxylic acids is 2. The van der Waals surface area contributed by atoms with Gasteiger partial charge < -0.3 is 10.2 Å². The summed E-state index contributed by atoms with van der Waals surface area (Å²) in [7, 11) is 0. The lowest BCUT2D eigenvalue weighted by Crippen LogP contribution is -2.37. The molecule has 1 N–H and O–H groups in total. The van der Waals surface area contributed by atoms with Crippen LogP contribution in [0.2, 0.25) is 5.02 Å². The van der Waals surface area contributed by atoms with Gasteiger partial charge in [0.05, 0.1) is 0 Å². The lowest BCUT2D eigenvalue weighted by Gasteiger charge is -2.18. The zero-order valence-corrected chi connectivity index (χ0v) is 13.5. The van der Waals surface area contributed by atoms with Crippen LogP contribution in [0, 0.1) is 5.82 Å². The molecule has 1 aliphatic heterocycles. The summed E-state index contributed by atoms with van der Waals surface area (Å²) in [6, 6.07) is 12.3. The Morgan fingerprint density at radius 2 is 1.92 bits per heavy atom. The van der Waals surface area contributed by atoms with Crippen LogP contribution in [-0.4, -0.2) is 36.5 Å². The highest BCUT2D eigenvalue weighted by molar-refractivity contribution is 6.30. The third-order valence-electron chi connectivity index (χ3n) is 3.68. The molecule has 0 aromatic heterocycles. The molecule has 0 bridgehead atoms. The number of hydrogen-bond acceptors (Lipinski definition) is 2. The maximum absolute atomic E-state index is 13.1. The third kappa shape index (κ3) is 3.65. The summed E-state index contributed by atoms with van der Waals surface area (Å²) in [4.78, 5) is 27.5. The molecule has 3 rings (SSSR count). The normalized spacial score (nSPS) is 14.2. The molecule has 3 amide bonds. The van der Waals surface area contributed by atoms with Crippen LogP contribution < -0.4 is 10.2 Å². The first kappa shape index (κ1) is 16.3. The quantitative estimate of drug-likeness (QED) is 0.922. The van der Waals surface area contributed by atoms with E-state index in [2.05, 4.69) is 5.32 Å². The summed E-state index contributed by atoms with van der Waals surface area (Å²) in [6.07, 6.45) is 0. The van der Waals surface area contributed by atoms with Crippen molar-refractivity contribution < 1.29 is 14.0 Å². The van der Waals surface area contributed by atoms with Crippen LogP contribution in [0.3, 0.4) is 0 Å². The van der Waals surface area contributed by atoms with Crippen molar-refractivity contribution in [3.8, 4) is 0 Å². The Morgan fingerprint density at radius 1 is 1.17 bits per heavy atom. The molecule has 24 heavy (non-hydrogen) atoms. The molecule has 0 aliphatic carbocycles. The number of benzene rings is 2. The standard InChI is InChI=1S/C17H15ClFN3O2/c18-12-4-6-15(7-5-12)22-9-8-21(17(22)24)11-16(23)20-14-3-1-2-13(19)10-14/h1-7,10H,8-9,11H2,(H,20,23). The van der Waals surface area contributed by atoms with Gasteiger partial charge in [-0.2, -0.15) is 0 Å². The predicted molar refractivity (Wildman–Crippen MR) is 90.8 cm³/mol. The van der Waals surface area contributed by atoms with Gasteiger partial charge in [-0.05, 0) is 42.5 Å². The van der Waals surface area contributed by atoms with Gasteiger partial charge in [-0.15, -0.1) is 0 Å². The first-order valence-corrected chi connectivity index (χ1v) is 7.78. The van der Waals surface area contributed by atoms with Crippen molar-refractivity contribution >= 4 is 34.9 Å². The van der Waals surface area contributed by atoms with Crippen LogP contribution in [0.15, 0.2) is 48.5 Å². The van der Waals surface area contributed by atoms with Crippen molar-refractivity contribution in [1.82, 2.24) is 4.90 Å². The number of hydrogen-bond donors (Lipinski definition) is 1. The van der Waals surface area contributed by atoms with E-state index in [0.29, 0.717) is 23.8 Å². The van der Waals surface area contributed by atoms with Gasteiger partial charge in [0.15, 0.2) is 0 Å². The highest BCUT2D eigenvalue weighted by Gasteiger charge is 2.30. The fourth-order valence-corrected chi connectivity index (χ4v) is 2.66. The van der Waals surface area contributed by atoms with E-state index >= 15 is 0 Å². The Morgan fingerprint density at radius 3 is 2.62 bits per heavy atom. The van der Waals surface area contributed by atoms with E-state index in [1.807, 2.05) is 0 Å². The predicted octanol–water partition coefficient (Wildman–Crippen LogP) is 3.36. The lowest BCUT2D eigenvalue weighted by molar-refractivity contribution is -0.116. The number of anilines is 2. The molecule has 0 saturated carbocycles. The van der Waals surface area contributed by atoms with E-state index in [1.165, 1.54) is 23.1 Å². The van der Waals surface area contributed by atoms with Gasteiger partial charge in [0, 0.05) is 29.5 Å². The Bertz CT molecular complexity index is 767. The molecule has 0 radical (unpaired) electrons. The minimum absolute atomic E-state index is 0.0839. The summed E-state index contributed by atoms with van der Waals surface area (Å²) in [5.41, 5.74) is 1.10. The van der Waals surface area contributed by atoms with E-state index in [0.717, 1.165) is 5.69 Å². The summed E-state index contributed by atoms with van der Waals surface area (Å²) in [6.45, 7) is 0.852. The van der Waals surface area contributed by atoms with Gasteiger partial charge in [-0.1, -0.05) is 17.7 Å². The van der Waals surface area contributed by atoms with Gasteiger partial charge in [0.1, 0.15) is 12.4 Å². The average Bonchev–Trinajstić information content (AvgIpc) is 2.89. The molecule has 5 nitrogen and oxygen atoms in total. The summed E-state index contributed by atoms with van der Waals surface area (Å²) in [5, 5.41) is 3.18. The SMILES string of the molecule is O=C(CN1CCN(c2ccc(Cl)cc2)C1=O)Nc1cccc(F)c1. The van der Waals surface area contributed by atoms with Gasteiger partial charge in [-0.3, -0.25) is 9.69 Å². The molecule has 1 aliphatic rings. The molecule has 1 heterocycles. The lowest BCUT2D eigenvalue weighted by atomic mass is 10.3. The van der Waals surface area contributed by atoms with E-state index < -0.39 is 5.82 Å². The van der Waals surface area contributed by atoms with E-state index in [9.17, 15) is 14.0 Å². The largest absolute Gasteiger partial charge is 0.325 e. The van der Waals surface area contributed by atoms with Crippen LogP contribution in [0.1, 0.15) is 0 Å². The van der Waals surface area contributed by atoms with Crippen molar-refractivity contribution in [1.29, 1.82) is 0 Å². The second kappa shape index (κ2) is 6.88. The Kier molecular flexibility index (Phi) is 4.66. The minimum atomic E-state index is -0.432. The summed E-state index contributed by atoms with van der Waals surface area (Å²) in [5.74, 6) is -0.800. The van der Waals surface area contributed by atoms with Crippen LogP contribution in [0.5, 0.6) is 0 Å². The molecule has 0 atom stereocenters. The second-order valence-corrected chi connectivity index (χ2v) is 5.83. The number of carbonyl (C=O) groups is 2. The first-order chi connectivity index (χ1) is 11.5. The average molecular weight is 348 g/mol. The van der Waals surface area contributed by atoms with Gasteiger partial charge in [-0.25, -0.2) is 9.18 Å². The van der Waals surface area contributed by atoms with E-state index in [1.54, 1.807) is 35.2 Å². The molecule has 2 aromatic rings. The maximum atomic E-state index is 13.1. The number of nitrogens with one attached hydrogen (secondary N) is 1. The van der Waals surface area contributed by atoms with Crippen LogP contribution in [0.25, 0.3) is 0 Å². The van der Waals surface area contributed by atoms with Crippen LogP contribution >= 0.6 is 11.6 Å². The molecule has 1 saturated heterocycles. The van der Waals surface area contributed by atoms with Gasteiger partial charge in [0.2, 0.25) is 5.91 Å². The number of urea groups is 1. The Hall–Kier alpha value is -2.60. The Labute approximate surface area is 143 Å². The number of rotatable bonds is 4. The van der Waals surface area contributed by atoms with Gasteiger partial charge >= 0.3 is 6.03 Å². The number of nitrogens with zero attached hydrogens (tertiary/aromatic N) is 2. The minimum Gasteiger partial charge on any atom is -0.324 e. The number of halogens is 2. The maximum Gasteiger partial charge on any atom is 0.325 e. The summed E-state index contributed by atoms with van der Waals surface area (Å²) < 4.78 is 13.1. The summed E-state index contributed by atoms with van der Waals surface area (Å²) >= 11 is 5.85. The Balaban J connectivity index is 1.61. The molecule has 7 heteroatoms. The smallest absolute Gasteiger partial charge is 0.324 e. The molecule has 1 fully saturated rings. The zero-order chi connectivity index (χ0) is 17.1. The number of amides is 3. The molecule has 124 valence electrons. The second-order valence-electron chi connectivity index (χ2n) is 5.39. The molecular formula is C17H15ClFN3O2. The molecule has 0 unspecified atom stereocenters. The van der Waals surface area contributed by atoms with E-state index in [4.69, 9.17) is 11.6 Å². The monoisotopic (exact) mass is 347 g/mol. The first-order valence-electron chi connectivity index (χ1n) is 7.40. The fourth-order valence-electron chi connectivity index (χ4n) is 2.53. The van der Waals surface area contributed by atoms with Gasteiger partial charge in [0.25, 0.3) is 0 Å². The third-order valence-corrected chi connectivity index (χ3v) is 3.93. The van der Waals surface area contributed by atoms with Crippen molar-refractivity contribution in [2.45, 2.75) is 0 Å². The van der Waals surface area contributed by atoms with Crippen molar-refractivity contribution in [3.63, 3.8) is 0 Å². The molecule has 0 spiro atoms. The zero-order valence-electron chi connectivity index (χ0n) is 12.7. The van der Waals surface area contributed by atoms with Crippen molar-refractivity contribution in [3.05, 3.63) is 59.4 Å². The van der Waals surface area contributed by atoms with Crippen molar-refractivity contribution in [2.24, 2.45) is 0 Å². The molecule has 2 aromatic carbocycles. The van der Waals surface area contributed by atoms with Crippen molar-refractivity contribution in [2.75, 3.05) is 29.9 Å². The fraction of sp³-hybridized carbons (Fsp3) is 0.176. The molecular weight excluding hydrogens is 333 g/mol. The topological polar surface area (TPSA) is 52.7 Å². The van der Waals surface area contributed by atoms with Crippen LogP contribution in [-0.2, 0) is 4.79 Å². The highest BCUT2D eigenvalue weighted by atomic mass is 35.5. The highest BCUT2D eigenvalue weighted by Crippen LogP contribution is 2.22. The van der Waals surface area contributed by atoms with E-state index in [-0.39, 0.29) is 18.5 Å².